The molecule has 0 unspecified atom stereocenters. The van der Waals surface area contributed by atoms with Crippen molar-refractivity contribution >= 4 is 5.91 Å². The summed E-state index contributed by atoms with van der Waals surface area (Å²) in [5, 5.41) is 12.1. The van der Waals surface area contributed by atoms with Crippen LogP contribution in [0.1, 0.15) is 25.7 Å². The molecule has 1 saturated heterocycles. The lowest BCUT2D eigenvalue weighted by atomic mass is 9.89. The van der Waals surface area contributed by atoms with Crippen molar-refractivity contribution in [3.05, 3.63) is 0 Å². The molecule has 0 spiro atoms. The number of carbonyl (C=O) groups excluding carboxylic acids is 1. The minimum absolute atomic E-state index is 0.0844. The molecule has 1 N–H and O–H groups in total. The fourth-order valence-corrected chi connectivity index (χ4v) is 1.95. The van der Waals surface area contributed by atoms with Crippen LogP contribution < -0.4 is 5.32 Å². The number of nitrogens with one attached hydrogen (secondary N) is 1. The molecule has 1 amide bonds. The molecule has 0 aromatic heterocycles. The molecule has 2 aliphatic rings. The normalized spacial score (nSPS) is 25.6. The molecule has 4 nitrogen and oxygen atoms in total. The average molecular weight is 207 g/mol. The fourth-order valence-electron chi connectivity index (χ4n) is 1.95. The van der Waals surface area contributed by atoms with Crippen LogP contribution in [0.4, 0.5) is 0 Å². The molecule has 4 heteroatoms. The van der Waals surface area contributed by atoms with E-state index in [2.05, 4.69) is 16.3 Å². The Morgan fingerprint density at radius 2 is 2.07 bits per heavy atom. The zero-order valence-electron chi connectivity index (χ0n) is 9.12. The van der Waals surface area contributed by atoms with Crippen molar-refractivity contribution in [1.29, 1.82) is 5.26 Å². The average Bonchev–Trinajstić information content (AvgIpc) is 3.05. The Labute approximate surface area is 90.2 Å². The molecular weight excluding hydrogens is 190 g/mol. The van der Waals surface area contributed by atoms with Crippen molar-refractivity contribution in [3.63, 3.8) is 0 Å². The molecule has 0 aromatic rings. The van der Waals surface area contributed by atoms with E-state index in [1.807, 2.05) is 7.05 Å². The van der Waals surface area contributed by atoms with Crippen molar-refractivity contribution in [3.8, 4) is 6.07 Å². The van der Waals surface area contributed by atoms with Gasteiger partial charge in [0.05, 0.1) is 6.07 Å². The van der Waals surface area contributed by atoms with E-state index in [4.69, 9.17) is 0 Å². The summed E-state index contributed by atoms with van der Waals surface area (Å²) >= 11 is 0. The molecule has 2 fully saturated rings. The van der Waals surface area contributed by atoms with Gasteiger partial charge in [-0.15, -0.1) is 0 Å². The molecule has 2 rings (SSSR count). The number of likely N-dealkylation sites (tertiary alicyclic amines) is 1. The molecule has 82 valence electrons. The Morgan fingerprint density at radius 3 is 2.53 bits per heavy atom. The fraction of sp³-hybridized carbons (Fsp3) is 0.818. The van der Waals surface area contributed by atoms with Crippen molar-refractivity contribution in [1.82, 2.24) is 10.2 Å². The quantitative estimate of drug-likeness (QED) is 0.717. The Bertz CT molecular complexity index is 295. The Balaban J connectivity index is 1.96. The lowest BCUT2D eigenvalue weighted by molar-refractivity contribution is -0.124. The third-order valence-electron chi connectivity index (χ3n) is 3.37. The van der Waals surface area contributed by atoms with Crippen LogP contribution in [0.15, 0.2) is 0 Å². The second kappa shape index (κ2) is 3.82. The second-order valence-corrected chi connectivity index (χ2v) is 4.76. The molecule has 1 heterocycles. The predicted molar refractivity (Wildman–Crippen MR) is 55.9 cm³/mol. The monoisotopic (exact) mass is 207 g/mol. The maximum absolute atomic E-state index is 11.6. The summed E-state index contributed by atoms with van der Waals surface area (Å²) in [6.45, 7) is 1.77. The van der Waals surface area contributed by atoms with Gasteiger partial charge in [-0.25, -0.2) is 0 Å². The Morgan fingerprint density at radius 1 is 1.47 bits per heavy atom. The highest BCUT2D eigenvalue weighted by Gasteiger charge is 2.39. The van der Waals surface area contributed by atoms with Gasteiger partial charge in [-0.3, -0.25) is 4.79 Å². The first-order valence-corrected chi connectivity index (χ1v) is 5.57. The predicted octanol–water partition coefficient (Wildman–Crippen LogP) is 0.501. The van der Waals surface area contributed by atoms with E-state index in [-0.39, 0.29) is 11.8 Å². The first-order valence-electron chi connectivity index (χ1n) is 5.57. The number of nitriles is 1. The van der Waals surface area contributed by atoms with E-state index in [0.717, 1.165) is 38.8 Å². The highest BCUT2D eigenvalue weighted by molar-refractivity contribution is 5.82. The van der Waals surface area contributed by atoms with E-state index in [1.165, 1.54) is 0 Å². The number of hydrogen-bond acceptors (Lipinski definition) is 3. The summed E-state index contributed by atoms with van der Waals surface area (Å²) in [6, 6.07) is 2.29. The molecular formula is C11H17N3O. The molecule has 1 aliphatic carbocycles. The molecule has 1 aliphatic heterocycles. The zero-order valence-corrected chi connectivity index (χ0v) is 9.12. The van der Waals surface area contributed by atoms with Gasteiger partial charge in [0, 0.05) is 19.0 Å². The highest BCUT2D eigenvalue weighted by atomic mass is 16.2. The molecule has 1 saturated carbocycles. The van der Waals surface area contributed by atoms with Crippen molar-refractivity contribution in [2.24, 2.45) is 5.92 Å². The van der Waals surface area contributed by atoms with E-state index in [9.17, 15) is 10.1 Å². The molecule has 0 radical (unpaired) electrons. The van der Waals surface area contributed by atoms with Crippen molar-refractivity contribution < 1.29 is 4.79 Å². The minimum Gasteiger partial charge on any atom is -0.337 e. The first kappa shape index (κ1) is 10.4. The van der Waals surface area contributed by atoms with Crippen molar-refractivity contribution in [2.45, 2.75) is 31.2 Å². The molecule has 0 bridgehead atoms. The van der Waals surface area contributed by atoms with E-state index in [0.29, 0.717) is 0 Å². The van der Waals surface area contributed by atoms with Gasteiger partial charge in [0.2, 0.25) is 5.91 Å². The largest absolute Gasteiger partial charge is 0.337 e. The summed E-state index contributed by atoms with van der Waals surface area (Å²) < 4.78 is 0. The third kappa shape index (κ3) is 2.29. The van der Waals surface area contributed by atoms with Gasteiger partial charge in [0.25, 0.3) is 0 Å². The molecule has 0 atom stereocenters. The van der Waals surface area contributed by atoms with E-state index in [1.54, 1.807) is 0 Å². The molecule has 0 aromatic carbocycles. The van der Waals surface area contributed by atoms with Crippen LogP contribution in [0.5, 0.6) is 0 Å². The summed E-state index contributed by atoms with van der Waals surface area (Å²) in [6.07, 6.45) is 3.48. The van der Waals surface area contributed by atoms with Crippen LogP contribution in [0.2, 0.25) is 0 Å². The number of amides is 1. The number of piperidine rings is 1. The zero-order chi connectivity index (χ0) is 10.9. The van der Waals surface area contributed by atoms with Gasteiger partial charge in [-0.05, 0) is 32.7 Å². The van der Waals surface area contributed by atoms with Gasteiger partial charge in [-0.2, -0.15) is 5.26 Å². The minimum atomic E-state index is -0.591. The lowest BCUT2D eigenvalue weighted by Gasteiger charge is -2.36. The smallest absolute Gasteiger partial charge is 0.224 e. The summed E-state index contributed by atoms with van der Waals surface area (Å²) in [7, 11) is 2.05. The van der Waals surface area contributed by atoms with Gasteiger partial charge >= 0.3 is 0 Å². The standard InChI is InChI=1S/C11H17N3O/c1-14-6-4-11(8-12,5-7-14)13-10(15)9-2-3-9/h9H,2-7H2,1H3,(H,13,15). The highest BCUT2D eigenvalue weighted by Crippen LogP contribution is 2.31. The van der Waals surface area contributed by atoms with Crippen molar-refractivity contribution in [2.75, 3.05) is 20.1 Å². The topological polar surface area (TPSA) is 56.1 Å². The van der Waals surface area contributed by atoms with E-state index < -0.39 is 5.54 Å². The number of nitrogens with zero attached hydrogens (tertiary/aromatic N) is 2. The summed E-state index contributed by atoms with van der Waals surface area (Å²) in [5.41, 5.74) is -0.591. The van der Waals surface area contributed by atoms with Crippen LogP contribution in [-0.2, 0) is 4.79 Å². The summed E-state index contributed by atoms with van der Waals surface area (Å²) in [5.74, 6) is 0.274. The number of rotatable bonds is 2. The summed E-state index contributed by atoms with van der Waals surface area (Å²) in [4.78, 5) is 13.8. The maximum Gasteiger partial charge on any atom is 0.224 e. The third-order valence-corrected chi connectivity index (χ3v) is 3.37. The van der Waals surface area contributed by atoms with Crippen LogP contribution in [0.25, 0.3) is 0 Å². The van der Waals surface area contributed by atoms with Gasteiger partial charge in [0.1, 0.15) is 5.54 Å². The van der Waals surface area contributed by atoms with Crippen LogP contribution in [0.3, 0.4) is 0 Å². The van der Waals surface area contributed by atoms with Gasteiger partial charge in [0.15, 0.2) is 0 Å². The van der Waals surface area contributed by atoms with Crippen LogP contribution in [-0.4, -0.2) is 36.5 Å². The van der Waals surface area contributed by atoms with E-state index >= 15 is 0 Å². The SMILES string of the molecule is CN1CCC(C#N)(NC(=O)C2CC2)CC1. The second-order valence-electron chi connectivity index (χ2n) is 4.76. The number of hydrogen-bond donors (Lipinski definition) is 1. The maximum atomic E-state index is 11.6. The Kier molecular flexibility index (Phi) is 2.66. The number of carbonyl (C=O) groups is 1. The lowest BCUT2D eigenvalue weighted by Crippen LogP contribution is -2.54. The van der Waals surface area contributed by atoms with Crippen LogP contribution in [0, 0.1) is 17.2 Å². The first-order chi connectivity index (χ1) is 7.15. The van der Waals surface area contributed by atoms with Gasteiger partial charge < -0.3 is 10.2 Å². The molecule has 15 heavy (non-hydrogen) atoms. The van der Waals surface area contributed by atoms with Gasteiger partial charge in [-0.1, -0.05) is 0 Å². The Hall–Kier alpha value is -1.08. The van der Waals surface area contributed by atoms with Crippen LogP contribution >= 0.6 is 0 Å².